The molecule has 2 aromatic rings. The number of carbonyl (C=O) groups is 1. The summed E-state index contributed by atoms with van der Waals surface area (Å²) in [5.74, 6) is 1.84. The van der Waals surface area contributed by atoms with Gasteiger partial charge in [0, 0.05) is 32.7 Å². The summed E-state index contributed by atoms with van der Waals surface area (Å²) in [5.41, 5.74) is 6.98. The van der Waals surface area contributed by atoms with E-state index < -0.39 is 5.97 Å². The average molecular weight is 376 g/mol. The second-order valence-corrected chi connectivity index (χ2v) is 7.18. The largest absolute Gasteiger partial charge is 0.465 e. The Balaban J connectivity index is 1.39. The number of methoxy groups -OCH3 is 1. The molecule has 0 aliphatic carbocycles. The van der Waals surface area contributed by atoms with Crippen molar-refractivity contribution in [1.82, 2.24) is 9.88 Å². The minimum Gasteiger partial charge on any atom is -0.465 e. The van der Waals surface area contributed by atoms with Gasteiger partial charge < -0.3 is 24.8 Å². The van der Waals surface area contributed by atoms with E-state index in [4.69, 9.17) is 19.9 Å². The number of nitrogen functional groups attached to an aromatic ring is 1. The quantitative estimate of drug-likeness (QED) is 0.804. The molecule has 2 N–H and O–H groups in total. The van der Waals surface area contributed by atoms with Crippen molar-refractivity contribution in [2.24, 2.45) is 0 Å². The van der Waals surface area contributed by atoms with E-state index >= 15 is 0 Å². The number of hydrogen-bond acceptors (Lipinski definition) is 9. The number of nitrogens with zero attached hydrogens (tertiary/aromatic N) is 3. The highest BCUT2D eigenvalue weighted by molar-refractivity contribution is 7.17. The van der Waals surface area contributed by atoms with Crippen molar-refractivity contribution >= 4 is 28.3 Å². The Morgan fingerprint density at radius 3 is 2.81 bits per heavy atom. The van der Waals surface area contributed by atoms with Crippen LogP contribution in [0, 0.1) is 0 Å². The summed E-state index contributed by atoms with van der Waals surface area (Å²) in [5, 5.41) is 0.378. The number of nitrogens with two attached hydrogens (primary N) is 1. The zero-order valence-corrected chi connectivity index (χ0v) is 15.3. The average Bonchev–Trinajstić information content (AvgIpc) is 3.27. The van der Waals surface area contributed by atoms with Crippen molar-refractivity contribution in [3.63, 3.8) is 0 Å². The van der Waals surface area contributed by atoms with E-state index in [9.17, 15) is 4.79 Å². The van der Waals surface area contributed by atoms with Crippen molar-refractivity contribution in [2.75, 3.05) is 50.7 Å². The normalized spacial score (nSPS) is 16.7. The van der Waals surface area contributed by atoms with Crippen LogP contribution in [0.25, 0.3) is 0 Å². The van der Waals surface area contributed by atoms with Gasteiger partial charge >= 0.3 is 5.97 Å². The number of carbonyl (C=O) groups excluding carboxylic acids is 1. The van der Waals surface area contributed by atoms with Gasteiger partial charge in [-0.25, -0.2) is 9.78 Å². The zero-order valence-electron chi connectivity index (χ0n) is 14.4. The third-order valence-electron chi connectivity index (χ3n) is 4.51. The Morgan fingerprint density at radius 2 is 2.04 bits per heavy atom. The smallest absolute Gasteiger partial charge is 0.352 e. The van der Waals surface area contributed by atoms with Gasteiger partial charge in [0.15, 0.2) is 27.3 Å². The van der Waals surface area contributed by atoms with Crippen LogP contribution < -0.4 is 20.1 Å². The van der Waals surface area contributed by atoms with Gasteiger partial charge in [0.25, 0.3) is 0 Å². The molecule has 26 heavy (non-hydrogen) atoms. The number of esters is 1. The molecule has 8 nitrogen and oxygen atoms in total. The summed E-state index contributed by atoms with van der Waals surface area (Å²) in [4.78, 5) is 21.2. The monoisotopic (exact) mass is 376 g/mol. The SMILES string of the molecule is COC(=O)c1sc(N)nc1N1CCN(Cc2ccc3c(c2)OCO3)CC1. The summed E-state index contributed by atoms with van der Waals surface area (Å²) in [7, 11) is 1.37. The van der Waals surface area contributed by atoms with Gasteiger partial charge in [0.05, 0.1) is 7.11 Å². The number of rotatable bonds is 4. The molecule has 1 aromatic carbocycles. The van der Waals surface area contributed by atoms with Crippen LogP contribution in [0.15, 0.2) is 18.2 Å². The number of benzene rings is 1. The number of aromatic nitrogens is 1. The lowest BCUT2D eigenvalue weighted by Gasteiger charge is -2.35. The fourth-order valence-corrected chi connectivity index (χ4v) is 3.96. The van der Waals surface area contributed by atoms with E-state index in [1.165, 1.54) is 24.0 Å². The molecule has 2 aliphatic heterocycles. The first-order valence-corrected chi connectivity index (χ1v) is 9.16. The first kappa shape index (κ1) is 16.9. The van der Waals surface area contributed by atoms with E-state index in [2.05, 4.69) is 20.9 Å². The third-order valence-corrected chi connectivity index (χ3v) is 5.37. The predicted molar refractivity (Wildman–Crippen MR) is 97.9 cm³/mol. The van der Waals surface area contributed by atoms with Crippen molar-refractivity contribution in [2.45, 2.75) is 6.54 Å². The molecule has 1 aromatic heterocycles. The standard InChI is InChI=1S/C17H20N4O4S/c1-23-16(22)14-15(19-17(18)26-14)21-6-4-20(5-7-21)9-11-2-3-12-13(8-11)25-10-24-12/h2-3,8H,4-7,9-10H2,1H3,(H2,18,19). The number of hydrogen-bond donors (Lipinski definition) is 1. The second-order valence-electron chi connectivity index (χ2n) is 6.15. The molecular formula is C17H20N4O4S. The number of anilines is 2. The molecule has 0 radical (unpaired) electrons. The van der Waals surface area contributed by atoms with Gasteiger partial charge in [0.1, 0.15) is 0 Å². The lowest BCUT2D eigenvalue weighted by Crippen LogP contribution is -2.46. The Morgan fingerprint density at radius 1 is 1.27 bits per heavy atom. The topological polar surface area (TPSA) is 90.2 Å². The van der Waals surface area contributed by atoms with Gasteiger partial charge in [-0.1, -0.05) is 17.4 Å². The second kappa shape index (κ2) is 7.00. The first-order valence-electron chi connectivity index (χ1n) is 8.34. The van der Waals surface area contributed by atoms with Gasteiger partial charge in [-0.15, -0.1) is 0 Å². The Hall–Kier alpha value is -2.52. The zero-order chi connectivity index (χ0) is 18.1. The van der Waals surface area contributed by atoms with Gasteiger partial charge in [-0.05, 0) is 17.7 Å². The molecule has 3 heterocycles. The summed E-state index contributed by atoms with van der Waals surface area (Å²) < 4.78 is 15.6. The van der Waals surface area contributed by atoms with Gasteiger partial charge in [-0.3, -0.25) is 4.90 Å². The van der Waals surface area contributed by atoms with Crippen molar-refractivity contribution in [3.8, 4) is 11.5 Å². The molecule has 0 saturated carbocycles. The fourth-order valence-electron chi connectivity index (χ4n) is 3.18. The molecule has 9 heteroatoms. The van der Waals surface area contributed by atoms with Crippen LogP contribution in [0.2, 0.25) is 0 Å². The first-order chi connectivity index (χ1) is 12.6. The van der Waals surface area contributed by atoms with Crippen LogP contribution in [0.5, 0.6) is 11.5 Å². The van der Waals surface area contributed by atoms with E-state index in [0.717, 1.165) is 44.2 Å². The molecule has 0 bridgehead atoms. The number of piperazine rings is 1. The lowest BCUT2D eigenvalue weighted by molar-refractivity contribution is 0.0606. The molecule has 0 spiro atoms. The molecule has 2 aliphatic rings. The lowest BCUT2D eigenvalue weighted by atomic mass is 10.1. The minimum atomic E-state index is -0.392. The summed E-state index contributed by atoms with van der Waals surface area (Å²) in [6.07, 6.45) is 0. The highest BCUT2D eigenvalue weighted by atomic mass is 32.1. The highest BCUT2D eigenvalue weighted by Gasteiger charge is 2.26. The van der Waals surface area contributed by atoms with E-state index in [1.807, 2.05) is 12.1 Å². The van der Waals surface area contributed by atoms with Crippen LogP contribution >= 0.6 is 11.3 Å². The summed E-state index contributed by atoms with van der Waals surface area (Å²) in [6.45, 7) is 4.42. The maximum atomic E-state index is 11.9. The van der Waals surface area contributed by atoms with Crippen LogP contribution in [0.3, 0.4) is 0 Å². The van der Waals surface area contributed by atoms with Crippen LogP contribution in [0.1, 0.15) is 15.2 Å². The highest BCUT2D eigenvalue weighted by Crippen LogP contribution is 2.33. The van der Waals surface area contributed by atoms with Crippen LogP contribution in [-0.2, 0) is 11.3 Å². The minimum absolute atomic E-state index is 0.288. The molecule has 0 amide bonds. The third kappa shape index (κ3) is 3.27. The molecule has 1 saturated heterocycles. The van der Waals surface area contributed by atoms with Crippen molar-refractivity contribution in [1.29, 1.82) is 0 Å². The van der Waals surface area contributed by atoms with Crippen LogP contribution in [-0.4, -0.2) is 55.9 Å². The molecule has 1 fully saturated rings. The van der Waals surface area contributed by atoms with Gasteiger partial charge in [-0.2, -0.15) is 0 Å². The molecular weight excluding hydrogens is 356 g/mol. The molecule has 0 unspecified atom stereocenters. The number of fused-ring (bicyclic) bond motifs is 1. The number of thiazole rings is 1. The Kier molecular flexibility index (Phi) is 4.56. The summed E-state index contributed by atoms with van der Waals surface area (Å²) >= 11 is 1.17. The van der Waals surface area contributed by atoms with E-state index in [-0.39, 0.29) is 6.79 Å². The Bertz CT molecular complexity index is 817. The molecule has 4 rings (SSSR count). The fraction of sp³-hybridized carbons (Fsp3) is 0.412. The van der Waals surface area contributed by atoms with Crippen molar-refractivity contribution in [3.05, 3.63) is 28.6 Å². The molecule has 138 valence electrons. The maximum absolute atomic E-state index is 11.9. The maximum Gasteiger partial charge on any atom is 0.352 e. The van der Waals surface area contributed by atoms with Crippen molar-refractivity contribution < 1.29 is 19.0 Å². The van der Waals surface area contributed by atoms with Gasteiger partial charge in [0.2, 0.25) is 6.79 Å². The predicted octanol–water partition coefficient (Wildman–Crippen LogP) is 1.56. The summed E-state index contributed by atoms with van der Waals surface area (Å²) in [6, 6.07) is 6.05. The van der Waals surface area contributed by atoms with E-state index in [0.29, 0.717) is 15.8 Å². The van der Waals surface area contributed by atoms with E-state index in [1.54, 1.807) is 0 Å². The number of ether oxygens (including phenoxy) is 3. The van der Waals surface area contributed by atoms with Crippen LogP contribution in [0.4, 0.5) is 10.9 Å². The molecule has 0 atom stereocenters. The Labute approximate surface area is 155 Å².